The zero-order valence-corrected chi connectivity index (χ0v) is 13.3. The van der Waals surface area contributed by atoms with Crippen LogP contribution in [0, 0.1) is 0 Å². The van der Waals surface area contributed by atoms with Crippen molar-refractivity contribution in [2.45, 2.75) is 18.8 Å². The summed E-state index contributed by atoms with van der Waals surface area (Å²) in [5, 5.41) is 6.74. The highest BCUT2D eigenvalue weighted by molar-refractivity contribution is 5.97. The second kappa shape index (κ2) is 6.00. The van der Waals surface area contributed by atoms with Crippen molar-refractivity contribution in [2.24, 2.45) is 0 Å². The number of hydrogen-bond donors (Lipinski definition) is 3. The molecule has 0 unspecified atom stereocenters. The standard InChI is InChI=1S/C16H16N6O3/c23-14-15(24)20-12-6-9(3-4-11(12)19-14)16(25)22-5-1-2-10(7-22)13-17-8-18-21-13/h3-4,6,8,10H,1-2,5,7H2,(H,19,23)(H,20,24)(H,17,18,21)/t10-/m1/s1. The quantitative estimate of drug-likeness (QED) is 0.580. The van der Waals surface area contributed by atoms with Crippen molar-refractivity contribution in [3.05, 3.63) is 56.6 Å². The molecule has 3 N–H and O–H groups in total. The van der Waals surface area contributed by atoms with E-state index in [-0.39, 0.29) is 11.8 Å². The average Bonchev–Trinajstić information content (AvgIpc) is 3.16. The highest BCUT2D eigenvalue weighted by Gasteiger charge is 2.27. The van der Waals surface area contributed by atoms with Gasteiger partial charge < -0.3 is 14.9 Å². The third kappa shape index (κ3) is 2.84. The summed E-state index contributed by atoms with van der Waals surface area (Å²) >= 11 is 0. The van der Waals surface area contributed by atoms with Crippen LogP contribution in [0.5, 0.6) is 0 Å². The maximum absolute atomic E-state index is 12.8. The highest BCUT2D eigenvalue weighted by Crippen LogP contribution is 2.25. The Bertz CT molecular complexity index is 1040. The number of amides is 1. The van der Waals surface area contributed by atoms with Crippen molar-refractivity contribution < 1.29 is 4.79 Å². The second-order valence-electron chi connectivity index (χ2n) is 6.13. The zero-order chi connectivity index (χ0) is 17.4. The van der Waals surface area contributed by atoms with Crippen molar-refractivity contribution >= 4 is 16.9 Å². The van der Waals surface area contributed by atoms with Crippen molar-refractivity contribution in [3.63, 3.8) is 0 Å². The monoisotopic (exact) mass is 340 g/mol. The highest BCUT2D eigenvalue weighted by atomic mass is 16.2. The molecule has 0 saturated carbocycles. The first-order chi connectivity index (χ1) is 12.1. The minimum absolute atomic E-state index is 0.113. The van der Waals surface area contributed by atoms with E-state index in [1.165, 1.54) is 6.33 Å². The van der Waals surface area contributed by atoms with E-state index in [0.717, 1.165) is 18.7 Å². The second-order valence-corrected chi connectivity index (χ2v) is 6.13. The first-order valence-electron chi connectivity index (χ1n) is 8.03. The molecule has 2 aromatic heterocycles. The van der Waals surface area contributed by atoms with Crippen molar-refractivity contribution in [1.29, 1.82) is 0 Å². The van der Waals surface area contributed by atoms with E-state index < -0.39 is 11.1 Å². The Hall–Kier alpha value is -3.23. The van der Waals surface area contributed by atoms with Crippen LogP contribution in [0.4, 0.5) is 0 Å². The summed E-state index contributed by atoms with van der Waals surface area (Å²) in [7, 11) is 0. The van der Waals surface area contributed by atoms with Gasteiger partial charge in [0.25, 0.3) is 5.91 Å². The molecule has 1 atom stereocenters. The number of piperidine rings is 1. The molecule has 1 fully saturated rings. The molecular weight excluding hydrogens is 324 g/mol. The summed E-state index contributed by atoms with van der Waals surface area (Å²) in [6.07, 6.45) is 3.30. The molecule has 1 aliphatic heterocycles. The number of rotatable bonds is 2. The van der Waals surface area contributed by atoms with Crippen LogP contribution in [0.25, 0.3) is 11.0 Å². The van der Waals surface area contributed by atoms with E-state index in [0.29, 0.717) is 29.7 Å². The van der Waals surface area contributed by atoms with Crippen molar-refractivity contribution in [3.8, 4) is 0 Å². The van der Waals surface area contributed by atoms with Crippen molar-refractivity contribution in [2.75, 3.05) is 13.1 Å². The Morgan fingerprint density at radius 1 is 1.16 bits per heavy atom. The number of benzene rings is 1. The average molecular weight is 340 g/mol. The molecule has 4 rings (SSSR count). The fourth-order valence-corrected chi connectivity index (χ4v) is 3.23. The molecule has 1 aliphatic rings. The summed E-state index contributed by atoms with van der Waals surface area (Å²) in [6, 6.07) is 4.86. The SMILES string of the molecule is O=C(c1ccc2[nH]c(=O)c(=O)[nH]c2c1)N1CCC[C@@H](c2ncn[nH]2)C1. The summed E-state index contributed by atoms with van der Waals surface area (Å²) in [5.41, 5.74) is -0.0649. The van der Waals surface area contributed by atoms with Crippen LogP contribution in [0.15, 0.2) is 34.1 Å². The van der Waals surface area contributed by atoms with Gasteiger partial charge in [0.1, 0.15) is 12.2 Å². The number of aromatic nitrogens is 5. The summed E-state index contributed by atoms with van der Waals surface area (Å²) in [4.78, 5) is 46.6. The number of hydrogen-bond acceptors (Lipinski definition) is 5. The third-order valence-corrected chi connectivity index (χ3v) is 4.50. The van der Waals surface area contributed by atoms with Gasteiger partial charge in [0.05, 0.1) is 11.0 Å². The Labute approximate surface area is 141 Å². The first kappa shape index (κ1) is 15.3. The lowest BCUT2D eigenvalue weighted by Gasteiger charge is -2.31. The Morgan fingerprint density at radius 2 is 1.96 bits per heavy atom. The molecule has 3 aromatic rings. The Kier molecular flexibility index (Phi) is 3.68. The van der Waals surface area contributed by atoms with Gasteiger partial charge in [-0.3, -0.25) is 19.5 Å². The van der Waals surface area contributed by atoms with Crippen LogP contribution in [0.1, 0.15) is 34.9 Å². The molecule has 1 amide bonds. The summed E-state index contributed by atoms with van der Waals surface area (Å²) in [6.45, 7) is 1.23. The number of H-pyrrole nitrogens is 3. The maximum atomic E-state index is 12.8. The van der Waals surface area contributed by atoms with E-state index in [4.69, 9.17) is 0 Å². The van der Waals surface area contributed by atoms with Crippen LogP contribution in [0.2, 0.25) is 0 Å². The molecular formula is C16H16N6O3. The largest absolute Gasteiger partial charge is 0.338 e. The van der Waals surface area contributed by atoms with E-state index >= 15 is 0 Å². The molecule has 0 spiro atoms. The molecule has 9 heteroatoms. The maximum Gasteiger partial charge on any atom is 0.314 e. The molecule has 0 aliphatic carbocycles. The topological polar surface area (TPSA) is 128 Å². The van der Waals surface area contributed by atoms with E-state index in [2.05, 4.69) is 25.1 Å². The van der Waals surface area contributed by atoms with E-state index in [9.17, 15) is 14.4 Å². The van der Waals surface area contributed by atoms with Crippen LogP contribution in [-0.2, 0) is 0 Å². The van der Waals surface area contributed by atoms with Gasteiger partial charge in [-0.05, 0) is 31.0 Å². The molecule has 0 bridgehead atoms. The lowest BCUT2D eigenvalue weighted by molar-refractivity contribution is 0.0705. The predicted molar refractivity (Wildman–Crippen MR) is 89.5 cm³/mol. The fourth-order valence-electron chi connectivity index (χ4n) is 3.23. The minimum Gasteiger partial charge on any atom is -0.338 e. The van der Waals surface area contributed by atoms with Crippen LogP contribution in [-0.4, -0.2) is 49.0 Å². The molecule has 3 heterocycles. The molecule has 1 aromatic carbocycles. The number of aromatic amines is 3. The van der Waals surface area contributed by atoms with Gasteiger partial charge in [0.2, 0.25) is 0 Å². The van der Waals surface area contributed by atoms with Crippen molar-refractivity contribution in [1.82, 2.24) is 30.0 Å². The van der Waals surface area contributed by atoms with Crippen LogP contribution >= 0.6 is 0 Å². The van der Waals surface area contributed by atoms with Gasteiger partial charge in [-0.1, -0.05) is 0 Å². The lowest BCUT2D eigenvalue weighted by atomic mass is 9.96. The first-order valence-corrected chi connectivity index (χ1v) is 8.03. The molecule has 9 nitrogen and oxygen atoms in total. The third-order valence-electron chi connectivity index (χ3n) is 4.50. The number of likely N-dealkylation sites (tertiary alicyclic amines) is 1. The number of nitrogens with one attached hydrogen (secondary N) is 3. The molecule has 1 saturated heterocycles. The number of carbonyl (C=O) groups excluding carboxylic acids is 1. The number of fused-ring (bicyclic) bond motifs is 1. The van der Waals surface area contributed by atoms with E-state index in [1.807, 2.05) is 0 Å². The zero-order valence-electron chi connectivity index (χ0n) is 13.3. The number of carbonyl (C=O) groups is 1. The molecule has 25 heavy (non-hydrogen) atoms. The molecule has 0 radical (unpaired) electrons. The summed E-state index contributed by atoms with van der Waals surface area (Å²) < 4.78 is 0. The normalized spacial score (nSPS) is 17.8. The van der Waals surface area contributed by atoms with Gasteiger partial charge in [0.15, 0.2) is 0 Å². The van der Waals surface area contributed by atoms with Gasteiger partial charge in [-0.25, -0.2) is 4.98 Å². The van der Waals surface area contributed by atoms with Gasteiger partial charge >= 0.3 is 11.1 Å². The predicted octanol–water partition coefficient (Wildman–Crippen LogP) is 0.354. The smallest absolute Gasteiger partial charge is 0.314 e. The fraction of sp³-hybridized carbons (Fsp3) is 0.312. The van der Waals surface area contributed by atoms with Gasteiger partial charge in [0, 0.05) is 24.6 Å². The Balaban J connectivity index is 1.61. The Morgan fingerprint density at radius 3 is 2.72 bits per heavy atom. The van der Waals surface area contributed by atoms with Crippen LogP contribution in [0.3, 0.4) is 0 Å². The lowest BCUT2D eigenvalue weighted by Crippen LogP contribution is -2.39. The summed E-state index contributed by atoms with van der Waals surface area (Å²) in [5.74, 6) is 0.813. The van der Waals surface area contributed by atoms with E-state index in [1.54, 1.807) is 23.1 Å². The number of nitrogens with zero attached hydrogens (tertiary/aromatic N) is 3. The van der Waals surface area contributed by atoms with Gasteiger partial charge in [-0.15, -0.1) is 0 Å². The minimum atomic E-state index is -0.736. The molecule has 128 valence electrons. The van der Waals surface area contributed by atoms with Crippen LogP contribution < -0.4 is 11.1 Å². The van der Waals surface area contributed by atoms with Gasteiger partial charge in [-0.2, -0.15) is 5.10 Å².